The summed E-state index contributed by atoms with van der Waals surface area (Å²) >= 11 is 0. The molecule has 0 aromatic rings. The van der Waals surface area contributed by atoms with Crippen molar-refractivity contribution in [3.8, 4) is 0 Å². The number of nitrogens with zero attached hydrogens (tertiary/aromatic N) is 5. The molecule has 0 atom stereocenters. The molecule has 0 aliphatic rings. The molecule has 0 unspecified atom stereocenters. The van der Waals surface area contributed by atoms with E-state index in [2.05, 4.69) is 31.0 Å². The van der Waals surface area contributed by atoms with Crippen LogP contribution in [-0.4, -0.2) is 6.61 Å². The Kier molecular flexibility index (Phi) is 5.57. The monoisotopic (exact) mass is 130 g/mol. The van der Waals surface area contributed by atoms with Gasteiger partial charge in [0.15, 0.2) is 0 Å². The fourth-order valence-electron chi connectivity index (χ4n) is 0.138. The zero-order valence-electron chi connectivity index (χ0n) is 4.85. The normalized spacial score (nSPS) is 10.8. The zero-order chi connectivity index (χ0) is 6.95. The lowest BCUT2D eigenvalue weighted by Crippen LogP contribution is -1.73. The van der Waals surface area contributed by atoms with E-state index in [-0.39, 0.29) is 0 Å². The van der Waals surface area contributed by atoms with E-state index >= 15 is 0 Å². The van der Waals surface area contributed by atoms with Crippen LogP contribution in [0.5, 0.6) is 0 Å². The van der Waals surface area contributed by atoms with E-state index in [0.29, 0.717) is 6.61 Å². The van der Waals surface area contributed by atoms with Crippen molar-refractivity contribution >= 4 is 0 Å². The predicted octanol–water partition coefficient (Wildman–Crippen LogP) is 1.70. The van der Waals surface area contributed by atoms with Gasteiger partial charge in [0.05, 0.1) is 0 Å². The van der Waals surface area contributed by atoms with Gasteiger partial charge < -0.3 is 4.84 Å². The topological polar surface area (TPSA) is 94.9 Å². The summed E-state index contributed by atoms with van der Waals surface area (Å²) in [4.78, 5) is 4.38. The highest BCUT2D eigenvalue weighted by Crippen LogP contribution is 1.81. The summed E-state index contributed by atoms with van der Waals surface area (Å²) in [6, 6.07) is 0. The van der Waals surface area contributed by atoms with E-state index in [1.54, 1.807) is 6.92 Å². The lowest BCUT2D eigenvalue weighted by molar-refractivity contribution is 0.134. The Bertz CT molecular complexity index is 118. The minimum Gasteiger partial charge on any atom is -0.378 e. The van der Waals surface area contributed by atoms with Gasteiger partial charge >= 0.3 is 0 Å². The molecule has 0 amide bonds. The molecule has 0 spiro atoms. The first-order chi connectivity index (χ1) is 4.41. The second-order valence-electron chi connectivity index (χ2n) is 0.868. The number of hydrogen-bond donors (Lipinski definition) is 1. The number of nitrogens with one attached hydrogen (secondary N) is 1. The van der Waals surface area contributed by atoms with E-state index in [4.69, 9.17) is 5.53 Å². The molecule has 0 rings (SSSR count). The van der Waals surface area contributed by atoms with Gasteiger partial charge in [-0.25, -0.2) is 0 Å². The van der Waals surface area contributed by atoms with Gasteiger partial charge in [-0.2, -0.15) is 5.53 Å². The van der Waals surface area contributed by atoms with Crippen LogP contribution in [0.25, 0.3) is 0 Å². The Morgan fingerprint density at radius 2 is 2.11 bits per heavy atom. The van der Waals surface area contributed by atoms with Crippen molar-refractivity contribution < 1.29 is 4.84 Å². The van der Waals surface area contributed by atoms with Crippen LogP contribution in [0.2, 0.25) is 0 Å². The van der Waals surface area contributed by atoms with Crippen molar-refractivity contribution in [3.05, 3.63) is 0 Å². The molecule has 0 fully saturated rings. The van der Waals surface area contributed by atoms with Gasteiger partial charge in [-0.05, 0) is 17.4 Å². The number of hydrogen-bond acceptors (Lipinski definition) is 3. The summed E-state index contributed by atoms with van der Waals surface area (Å²) in [6.45, 7) is 2.18. The Hall–Kier alpha value is -1.40. The lowest BCUT2D eigenvalue weighted by Gasteiger charge is -1.81. The van der Waals surface area contributed by atoms with Gasteiger partial charge in [0.25, 0.3) is 0 Å². The molecule has 1 N–H and O–H groups in total. The van der Waals surface area contributed by atoms with Crippen LogP contribution in [0.3, 0.4) is 0 Å². The van der Waals surface area contributed by atoms with Crippen molar-refractivity contribution in [2.45, 2.75) is 6.92 Å². The predicted molar refractivity (Wildman–Crippen MR) is 26.5 cm³/mol. The van der Waals surface area contributed by atoms with E-state index < -0.39 is 0 Å². The van der Waals surface area contributed by atoms with Crippen LogP contribution < -0.4 is 0 Å². The summed E-state index contributed by atoms with van der Waals surface area (Å²) in [5.41, 5.74) is 6.11. The highest BCUT2D eigenvalue weighted by Gasteiger charge is 1.67. The summed E-state index contributed by atoms with van der Waals surface area (Å²) in [5.74, 6) is 0. The van der Waals surface area contributed by atoms with Crippen LogP contribution in [-0.2, 0) is 4.84 Å². The molecule has 0 aliphatic carbocycles. The van der Waals surface area contributed by atoms with Crippen molar-refractivity contribution in [3.63, 3.8) is 0 Å². The van der Waals surface area contributed by atoms with Gasteiger partial charge in [0.1, 0.15) is 6.61 Å². The van der Waals surface area contributed by atoms with Crippen LogP contribution in [0, 0.1) is 5.53 Å². The first-order valence-electron chi connectivity index (χ1n) is 2.20. The van der Waals surface area contributed by atoms with Crippen LogP contribution >= 0.6 is 0 Å². The van der Waals surface area contributed by atoms with Crippen LogP contribution in [0.4, 0.5) is 0 Å². The van der Waals surface area contributed by atoms with Gasteiger partial charge in [-0.3, -0.25) is 0 Å². The van der Waals surface area contributed by atoms with E-state index in [1.807, 2.05) is 0 Å². The maximum Gasteiger partial charge on any atom is 0.116 e. The summed E-state index contributed by atoms with van der Waals surface area (Å²) in [6.07, 6.45) is 0. The fraction of sp³-hybridized carbons (Fsp3) is 1.00. The van der Waals surface area contributed by atoms with Gasteiger partial charge in [-0.15, -0.1) is 0 Å². The molecule has 0 aromatic heterocycles. The second kappa shape index (κ2) is 6.60. The standard InChI is InChI=1S/C2H6N6O/c1-2-9-8-7-6-5-4-3/h3H,2H2,1H3. The third kappa shape index (κ3) is 6.60. The first kappa shape index (κ1) is 7.60. The quantitative estimate of drug-likeness (QED) is 0.455. The number of rotatable bonds is 4. The molecule has 0 bridgehead atoms. The van der Waals surface area contributed by atoms with Crippen LogP contribution in [0.1, 0.15) is 6.92 Å². The van der Waals surface area contributed by atoms with E-state index in [1.165, 1.54) is 0 Å². The Morgan fingerprint density at radius 3 is 2.67 bits per heavy atom. The third-order valence-electron chi connectivity index (χ3n) is 0.348. The molecule has 0 heterocycles. The molecule has 0 saturated heterocycles. The van der Waals surface area contributed by atoms with Gasteiger partial charge in [0.2, 0.25) is 0 Å². The Morgan fingerprint density at radius 1 is 1.33 bits per heavy atom. The van der Waals surface area contributed by atoms with Crippen LogP contribution in [0.15, 0.2) is 26.2 Å². The molecule has 7 nitrogen and oxygen atoms in total. The minimum absolute atomic E-state index is 0.428. The highest BCUT2D eigenvalue weighted by molar-refractivity contribution is 4.03. The highest BCUT2D eigenvalue weighted by atomic mass is 16.6. The minimum atomic E-state index is 0.428. The molecule has 9 heavy (non-hydrogen) atoms. The first-order valence-corrected chi connectivity index (χ1v) is 2.20. The smallest absolute Gasteiger partial charge is 0.116 e. The SMILES string of the molecule is CCON=NN=NN=N. The van der Waals surface area contributed by atoms with Gasteiger partial charge in [0, 0.05) is 15.7 Å². The molecule has 0 saturated carbocycles. The summed E-state index contributed by atoms with van der Waals surface area (Å²) < 4.78 is 0. The molecule has 50 valence electrons. The van der Waals surface area contributed by atoms with Crippen molar-refractivity contribution in [2.75, 3.05) is 6.61 Å². The molecule has 0 radical (unpaired) electrons. The van der Waals surface area contributed by atoms with E-state index in [9.17, 15) is 0 Å². The average Bonchev–Trinajstić information content (AvgIpc) is 1.89. The van der Waals surface area contributed by atoms with Crippen molar-refractivity contribution in [1.29, 1.82) is 5.53 Å². The Balaban J connectivity index is 3.23. The fourth-order valence-corrected chi connectivity index (χ4v) is 0.138. The van der Waals surface area contributed by atoms with Crippen molar-refractivity contribution in [2.24, 2.45) is 26.2 Å². The molecular weight excluding hydrogens is 124 g/mol. The molecule has 0 aromatic carbocycles. The zero-order valence-corrected chi connectivity index (χ0v) is 4.85. The summed E-state index contributed by atoms with van der Waals surface area (Å²) in [7, 11) is 0. The van der Waals surface area contributed by atoms with Gasteiger partial charge in [-0.1, -0.05) is 0 Å². The average molecular weight is 130 g/mol. The third-order valence-corrected chi connectivity index (χ3v) is 0.348. The largest absolute Gasteiger partial charge is 0.378 e. The maximum absolute atomic E-state index is 6.11. The Labute approximate surface area is 51.2 Å². The lowest BCUT2D eigenvalue weighted by atomic mass is 10.9. The maximum atomic E-state index is 6.11. The van der Waals surface area contributed by atoms with E-state index in [0.717, 1.165) is 0 Å². The molecular formula is C2H6N6O. The molecule has 7 heteroatoms. The summed E-state index contributed by atoms with van der Waals surface area (Å²) in [5, 5.41) is 14.3. The second-order valence-corrected chi connectivity index (χ2v) is 0.868. The van der Waals surface area contributed by atoms with Crippen molar-refractivity contribution in [1.82, 2.24) is 0 Å². The molecule has 0 aliphatic heterocycles.